The predicted octanol–water partition coefficient (Wildman–Crippen LogP) is 2.75. The lowest BCUT2D eigenvalue weighted by Gasteiger charge is -2.19. The average Bonchev–Trinajstić information content (AvgIpc) is 2.28. The first kappa shape index (κ1) is 17.6. The molecule has 108 valence electrons. The maximum absolute atomic E-state index is 11.9. The zero-order valence-electron chi connectivity index (χ0n) is 12.3. The van der Waals surface area contributed by atoms with Gasteiger partial charge in [0.25, 0.3) is 0 Å². The van der Waals surface area contributed by atoms with Crippen molar-refractivity contribution in [1.82, 2.24) is 0 Å². The van der Waals surface area contributed by atoms with E-state index >= 15 is 0 Å². The van der Waals surface area contributed by atoms with E-state index in [4.69, 9.17) is 9.47 Å². The molecule has 0 bridgehead atoms. The zero-order chi connectivity index (χ0) is 14.4. The third-order valence-corrected chi connectivity index (χ3v) is 5.15. The molecule has 0 aliphatic carbocycles. The van der Waals surface area contributed by atoms with E-state index in [9.17, 15) is 8.42 Å². The molecule has 0 spiro atoms. The van der Waals surface area contributed by atoms with E-state index in [1.165, 1.54) is 5.41 Å². The van der Waals surface area contributed by atoms with Crippen molar-refractivity contribution in [2.75, 3.05) is 14.2 Å². The summed E-state index contributed by atoms with van der Waals surface area (Å²) >= 11 is 0. The van der Waals surface area contributed by atoms with Crippen molar-refractivity contribution in [3.8, 4) is 0 Å². The van der Waals surface area contributed by atoms with Crippen LogP contribution in [-0.2, 0) is 19.3 Å². The highest BCUT2D eigenvalue weighted by atomic mass is 32.2. The summed E-state index contributed by atoms with van der Waals surface area (Å²) in [6, 6.07) is 0. The summed E-state index contributed by atoms with van der Waals surface area (Å²) in [6.07, 6.45) is 2.95. The minimum atomic E-state index is -3.21. The lowest BCUT2D eigenvalue weighted by Crippen LogP contribution is -2.26. The second-order valence-corrected chi connectivity index (χ2v) is 7.88. The van der Waals surface area contributed by atoms with Crippen molar-refractivity contribution in [2.45, 2.75) is 51.6 Å². The molecule has 0 rings (SSSR count). The number of rotatable bonds is 7. The Morgan fingerprint density at radius 1 is 1.17 bits per heavy atom. The molecule has 0 N–H and O–H groups in total. The standard InChI is InChI=1S/C13H26O4S/c1-7-11(10-12(16-5)17-6)8-9-18(14,15)13(2,3)4/h8-9,11-12H,7,10H2,1-6H3/b9-8+/t11-/m0/s1. The van der Waals surface area contributed by atoms with E-state index in [-0.39, 0.29) is 12.2 Å². The normalized spacial score (nSPS) is 15.5. The highest BCUT2D eigenvalue weighted by Gasteiger charge is 2.26. The van der Waals surface area contributed by atoms with Crippen molar-refractivity contribution >= 4 is 9.84 Å². The van der Waals surface area contributed by atoms with E-state index in [1.807, 2.05) is 6.92 Å². The second-order valence-electron chi connectivity index (χ2n) is 5.29. The van der Waals surface area contributed by atoms with Gasteiger partial charge in [0.1, 0.15) is 0 Å². The first-order chi connectivity index (χ1) is 8.17. The van der Waals surface area contributed by atoms with Crippen LogP contribution in [-0.4, -0.2) is 33.7 Å². The molecule has 0 aromatic carbocycles. The predicted molar refractivity (Wildman–Crippen MR) is 74.0 cm³/mol. The molecule has 1 atom stereocenters. The van der Waals surface area contributed by atoms with Gasteiger partial charge in [-0.15, -0.1) is 0 Å². The highest BCUT2D eigenvalue weighted by Crippen LogP contribution is 2.20. The van der Waals surface area contributed by atoms with Crippen LogP contribution in [0.15, 0.2) is 11.5 Å². The SMILES string of the molecule is CC[C@@H](/C=C/S(=O)(=O)C(C)(C)C)CC(OC)OC. The summed E-state index contributed by atoms with van der Waals surface area (Å²) in [4.78, 5) is 0. The molecule has 0 radical (unpaired) electrons. The summed E-state index contributed by atoms with van der Waals surface area (Å²) < 4.78 is 33.4. The molecular weight excluding hydrogens is 252 g/mol. The number of hydrogen-bond donors (Lipinski definition) is 0. The Bertz CT molecular complexity index is 348. The smallest absolute Gasteiger partial charge is 0.176 e. The van der Waals surface area contributed by atoms with Crippen LogP contribution < -0.4 is 0 Å². The lowest BCUT2D eigenvalue weighted by molar-refractivity contribution is -0.111. The van der Waals surface area contributed by atoms with Gasteiger partial charge in [0, 0.05) is 26.0 Å². The molecule has 0 aromatic rings. The Morgan fingerprint density at radius 2 is 1.67 bits per heavy atom. The van der Waals surface area contributed by atoms with E-state index in [0.29, 0.717) is 6.42 Å². The topological polar surface area (TPSA) is 52.6 Å². The number of hydrogen-bond acceptors (Lipinski definition) is 4. The molecule has 0 aliphatic rings. The van der Waals surface area contributed by atoms with Crippen LogP contribution in [0.25, 0.3) is 0 Å². The Labute approximate surface area is 111 Å². The molecule has 18 heavy (non-hydrogen) atoms. The lowest BCUT2D eigenvalue weighted by atomic mass is 10.0. The fourth-order valence-corrected chi connectivity index (χ4v) is 2.17. The van der Waals surface area contributed by atoms with Crippen molar-refractivity contribution < 1.29 is 17.9 Å². The van der Waals surface area contributed by atoms with Crippen molar-refractivity contribution in [1.29, 1.82) is 0 Å². The Balaban J connectivity index is 4.74. The molecule has 0 saturated heterocycles. The molecule has 0 amide bonds. The number of sulfone groups is 1. The van der Waals surface area contributed by atoms with Gasteiger partial charge in [-0.05, 0) is 33.1 Å². The van der Waals surface area contributed by atoms with Gasteiger partial charge in [-0.1, -0.05) is 13.0 Å². The molecular formula is C13H26O4S. The van der Waals surface area contributed by atoms with Gasteiger partial charge in [-0.2, -0.15) is 0 Å². The number of allylic oxidation sites excluding steroid dienone is 1. The van der Waals surface area contributed by atoms with Crippen LogP contribution in [0.3, 0.4) is 0 Å². The zero-order valence-corrected chi connectivity index (χ0v) is 13.1. The van der Waals surface area contributed by atoms with Crippen LogP contribution in [0.4, 0.5) is 0 Å². The van der Waals surface area contributed by atoms with E-state index in [1.54, 1.807) is 41.1 Å². The van der Waals surface area contributed by atoms with Crippen LogP contribution in [0.2, 0.25) is 0 Å². The third kappa shape index (κ3) is 5.50. The van der Waals surface area contributed by atoms with Crippen LogP contribution >= 0.6 is 0 Å². The minimum absolute atomic E-state index is 0.132. The van der Waals surface area contributed by atoms with Crippen LogP contribution in [0.1, 0.15) is 40.5 Å². The van der Waals surface area contributed by atoms with Crippen LogP contribution in [0.5, 0.6) is 0 Å². The van der Waals surface area contributed by atoms with Gasteiger partial charge >= 0.3 is 0 Å². The average molecular weight is 278 g/mol. The Morgan fingerprint density at radius 3 is 2.00 bits per heavy atom. The third-order valence-electron chi connectivity index (χ3n) is 2.93. The van der Waals surface area contributed by atoms with Gasteiger partial charge in [0.2, 0.25) is 0 Å². The fourth-order valence-electron chi connectivity index (χ4n) is 1.34. The van der Waals surface area contributed by atoms with Crippen molar-refractivity contribution in [2.24, 2.45) is 5.92 Å². The molecule has 4 nitrogen and oxygen atoms in total. The number of methoxy groups -OCH3 is 2. The quantitative estimate of drug-likeness (QED) is 0.672. The minimum Gasteiger partial charge on any atom is -0.356 e. The maximum atomic E-state index is 11.9. The molecule has 0 aliphatic heterocycles. The Hall–Kier alpha value is -0.390. The van der Waals surface area contributed by atoms with Crippen molar-refractivity contribution in [3.05, 3.63) is 11.5 Å². The largest absolute Gasteiger partial charge is 0.356 e. The first-order valence-corrected chi connectivity index (χ1v) is 7.71. The van der Waals surface area contributed by atoms with Gasteiger partial charge in [-0.25, -0.2) is 8.42 Å². The molecule has 0 aromatic heterocycles. The number of ether oxygens (including phenoxy) is 2. The fraction of sp³-hybridized carbons (Fsp3) is 0.846. The van der Waals surface area contributed by atoms with Gasteiger partial charge in [-0.3, -0.25) is 0 Å². The first-order valence-electron chi connectivity index (χ1n) is 6.16. The summed E-state index contributed by atoms with van der Waals surface area (Å²) in [6.45, 7) is 7.10. The highest BCUT2D eigenvalue weighted by molar-refractivity contribution is 7.95. The van der Waals surface area contributed by atoms with Gasteiger partial charge in [0.15, 0.2) is 16.1 Å². The summed E-state index contributed by atoms with van der Waals surface area (Å²) in [7, 11) is -0.0546. The van der Waals surface area contributed by atoms with Gasteiger partial charge < -0.3 is 9.47 Å². The molecule has 5 heteroatoms. The van der Waals surface area contributed by atoms with Gasteiger partial charge in [0.05, 0.1) is 4.75 Å². The van der Waals surface area contributed by atoms with E-state index in [2.05, 4.69) is 0 Å². The molecule has 0 heterocycles. The maximum Gasteiger partial charge on any atom is 0.176 e. The summed E-state index contributed by atoms with van der Waals surface area (Å²) in [5.74, 6) is 0.132. The summed E-state index contributed by atoms with van der Waals surface area (Å²) in [5.41, 5.74) is 0. The Kier molecular flexibility index (Phi) is 7.10. The van der Waals surface area contributed by atoms with Crippen molar-refractivity contribution in [3.63, 3.8) is 0 Å². The van der Waals surface area contributed by atoms with E-state index in [0.717, 1.165) is 6.42 Å². The monoisotopic (exact) mass is 278 g/mol. The molecule has 0 unspecified atom stereocenters. The summed E-state index contributed by atoms with van der Waals surface area (Å²) in [5, 5.41) is 1.32. The second kappa shape index (κ2) is 7.26. The molecule has 0 saturated carbocycles. The van der Waals surface area contributed by atoms with E-state index < -0.39 is 14.6 Å². The molecule has 0 fully saturated rings. The van der Waals surface area contributed by atoms with Crippen LogP contribution in [0, 0.1) is 5.92 Å².